The van der Waals surface area contributed by atoms with Crippen molar-refractivity contribution in [1.29, 1.82) is 0 Å². The Labute approximate surface area is 204 Å². The highest BCUT2D eigenvalue weighted by atomic mass is 16.1. The summed E-state index contributed by atoms with van der Waals surface area (Å²) in [4.78, 5) is 42.1. The zero-order valence-electron chi connectivity index (χ0n) is 20.2. The molecule has 5 rings (SSSR count). The smallest absolute Gasteiger partial charge is 0.170 e. The van der Waals surface area contributed by atoms with Gasteiger partial charge in [-0.15, -0.1) is 0 Å². The summed E-state index contributed by atoms with van der Waals surface area (Å²) in [6.07, 6.45) is 7.06. The molecule has 1 aliphatic heterocycles. The maximum Gasteiger partial charge on any atom is 0.170 e. The third kappa shape index (κ3) is 5.09. The van der Waals surface area contributed by atoms with Crippen LogP contribution in [-0.4, -0.2) is 82.9 Å². The summed E-state index contributed by atoms with van der Waals surface area (Å²) in [5.74, 6) is 2.09. The highest BCUT2D eigenvalue weighted by molar-refractivity contribution is 5.98. The number of ketones is 1. The molecule has 178 valence electrons. The third-order valence-electron chi connectivity index (χ3n) is 6.22. The SMILES string of the molecule is CN1CCN(c2cc(C(=O)Cc3ncc4ccc(-c5cncc(N(C)C)n5)cc4n3)ccn2)CC1. The van der Waals surface area contributed by atoms with Gasteiger partial charge in [-0.2, -0.15) is 0 Å². The normalized spacial score (nSPS) is 14.3. The van der Waals surface area contributed by atoms with Gasteiger partial charge in [0.15, 0.2) is 5.78 Å². The van der Waals surface area contributed by atoms with Gasteiger partial charge in [0.2, 0.25) is 0 Å². The number of pyridine rings is 1. The fourth-order valence-electron chi connectivity index (χ4n) is 4.06. The summed E-state index contributed by atoms with van der Waals surface area (Å²) < 4.78 is 0. The number of benzene rings is 1. The minimum absolute atomic E-state index is 0.0252. The van der Waals surface area contributed by atoms with Crippen LogP contribution in [0.3, 0.4) is 0 Å². The van der Waals surface area contributed by atoms with E-state index in [0.717, 1.165) is 60.0 Å². The number of fused-ring (bicyclic) bond motifs is 1. The number of hydrogen-bond donors (Lipinski definition) is 0. The third-order valence-corrected chi connectivity index (χ3v) is 6.22. The predicted molar refractivity (Wildman–Crippen MR) is 137 cm³/mol. The van der Waals surface area contributed by atoms with Crippen molar-refractivity contribution in [2.75, 3.05) is 57.1 Å². The Hall–Kier alpha value is -3.98. The van der Waals surface area contributed by atoms with Gasteiger partial charge < -0.3 is 14.7 Å². The second kappa shape index (κ2) is 9.71. The van der Waals surface area contributed by atoms with Crippen LogP contribution in [0.1, 0.15) is 16.2 Å². The molecule has 4 heterocycles. The summed E-state index contributed by atoms with van der Waals surface area (Å²) in [6.45, 7) is 3.77. The molecule has 1 fully saturated rings. The molecule has 0 amide bonds. The van der Waals surface area contributed by atoms with E-state index in [1.807, 2.05) is 43.3 Å². The number of rotatable bonds is 6. The molecule has 0 radical (unpaired) electrons. The highest BCUT2D eigenvalue weighted by Crippen LogP contribution is 2.23. The van der Waals surface area contributed by atoms with E-state index in [4.69, 9.17) is 0 Å². The molecule has 9 heteroatoms. The number of piperazine rings is 1. The van der Waals surface area contributed by atoms with Gasteiger partial charge in [0.05, 0.1) is 30.0 Å². The molecule has 3 aromatic heterocycles. The van der Waals surface area contributed by atoms with Crippen molar-refractivity contribution in [2.45, 2.75) is 6.42 Å². The Morgan fingerprint density at radius 3 is 2.60 bits per heavy atom. The van der Waals surface area contributed by atoms with E-state index >= 15 is 0 Å². The Balaban J connectivity index is 1.36. The van der Waals surface area contributed by atoms with Crippen LogP contribution in [0.4, 0.5) is 11.6 Å². The van der Waals surface area contributed by atoms with Crippen LogP contribution in [-0.2, 0) is 6.42 Å². The van der Waals surface area contributed by atoms with Crippen molar-refractivity contribution in [1.82, 2.24) is 29.8 Å². The fourth-order valence-corrected chi connectivity index (χ4v) is 4.06. The average Bonchev–Trinajstić information content (AvgIpc) is 2.89. The number of aromatic nitrogens is 5. The molecule has 0 atom stereocenters. The van der Waals surface area contributed by atoms with Gasteiger partial charge >= 0.3 is 0 Å². The molecule has 0 bridgehead atoms. The number of anilines is 2. The monoisotopic (exact) mass is 468 g/mol. The molecule has 4 aromatic rings. The molecule has 35 heavy (non-hydrogen) atoms. The van der Waals surface area contributed by atoms with Crippen molar-refractivity contribution in [3.05, 3.63) is 66.5 Å². The van der Waals surface area contributed by atoms with Gasteiger partial charge in [-0.1, -0.05) is 12.1 Å². The Morgan fingerprint density at radius 2 is 1.80 bits per heavy atom. The standard InChI is InChI=1S/C26H28N8O/c1-32(2)26-17-27-16-22(31-26)18-4-5-20-15-29-24(30-21(20)12-18)14-23(35)19-6-7-28-25(13-19)34-10-8-33(3)9-11-34/h4-7,12-13,15-17H,8-11,14H2,1-3H3. The van der Waals surface area contributed by atoms with Crippen molar-refractivity contribution >= 4 is 28.3 Å². The summed E-state index contributed by atoms with van der Waals surface area (Å²) in [6, 6.07) is 9.55. The van der Waals surface area contributed by atoms with Crippen molar-refractivity contribution in [3.8, 4) is 11.3 Å². The molecule has 0 spiro atoms. The Bertz CT molecular complexity index is 1360. The van der Waals surface area contributed by atoms with E-state index in [-0.39, 0.29) is 12.2 Å². The van der Waals surface area contributed by atoms with Gasteiger partial charge in [0, 0.05) is 69.2 Å². The number of hydrogen-bond acceptors (Lipinski definition) is 9. The van der Waals surface area contributed by atoms with E-state index in [2.05, 4.69) is 41.8 Å². The maximum absolute atomic E-state index is 13.1. The largest absolute Gasteiger partial charge is 0.361 e. The van der Waals surface area contributed by atoms with Gasteiger partial charge in [-0.05, 0) is 25.2 Å². The van der Waals surface area contributed by atoms with Crippen LogP contribution in [0.2, 0.25) is 0 Å². The number of nitrogens with zero attached hydrogens (tertiary/aromatic N) is 8. The molecule has 1 aliphatic rings. The molecule has 0 saturated carbocycles. The van der Waals surface area contributed by atoms with Gasteiger partial charge in [0.1, 0.15) is 17.5 Å². The molecule has 0 unspecified atom stereocenters. The summed E-state index contributed by atoms with van der Waals surface area (Å²) in [5, 5.41) is 0.905. The first-order valence-electron chi connectivity index (χ1n) is 11.6. The van der Waals surface area contributed by atoms with Crippen molar-refractivity contribution in [3.63, 3.8) is 0 Å². The number of carbonyl (C=O) groups is 1. The number of likely N-dealkylation sites (N-methyl/N-ethyl adjacent to an activating group) is 1. The second-order valence-corrected chi connectivity index (χ2v) is 9.01. The van der Waals surface area contributed by atoms with E-state index in [9.17, 15) is 4.79 Å². The van der Waals surface area contributed by atoms with Crippen LogP contribution < -0.4 is 9.80 Å². The van der Waals surface area contributed by atoms with Crippen LogP contribution in [0.25, 0.3) is 22.2 Å². The van der Waals surface area contributed by atoms with Crippen LogP contribution in [0.5, 0.6) is 0 Å². The fraction of sp³-hybridized carbons (Fsp3) is 0.308. The quantitative estimate of drug-likeness (QED) is 0.396. The molecule has 0 N–H and O–H groups in total. The Morgan fingerprint density at radius 1 is 0.971 bits per heavy atom. The lowest BCUT2D eigenvalue weighted by atomic mass is 10.1. The van der Waals surface area contributed by atoms with Gasteiger partial charge in [0.25, 0.3) is 0 Å². The highest BCUT2D eigenvalue weighted by Gasteiger charge is 2.17. The zero-order valence-corrected chi connectivity index (χ0v) is 20.2. The summed E-state index contributed by atoms with van der Waals surface area (Å²) in [5.41, 5.74) is 3.07. The minimum Gasteiger partial charge on any atom is -0.361 e. The van der Waals surface area contributed by atoms with E-state index in [1.54, 1.807) is 30.9 Å². The first-order valence-corrected chi connectivity index (χ1v) is 11.6. The summed E-state index contributed by atoms with van der Waals surface area (Å²) in [7, 11) is 5.98. The first-order chi connectivity index (χ1) is 17.0. The molecular weight excluding hydrogens is 440 g/mol. The number of carbonyl (C=O) groups excluding carboxylic acids is 1. The van der Waals surface area contributed by atoms with E-state index in [0.29, 0.717) is 11.4 Å². The predicted octanol–water partition coefficient (Wildman–Crippen LogP) is 2.73. The Kier molecular flexibility index (Phi) is 6.33. The average molecular weight is 469 g/mol. The van der Waals surface area contributed by atoms with E-state index < -0.39 is 0 Å². The molecular formula is C26H28N8O. The van der Waals surface area contributed by atoms with Crippen molar-refractivity contribution < 1.29 is 4.79 Å². The van der Waals surface area contributed by atoms with Crippen LogP contribution in [0.15, 0.2) is 55.1 Å². The van der Waals surface area contributed by atoms with Crippen molar-refractivity contribution in [2.24, 2.45) is 0 Å². The molecule has 1 saturated heterocycles. The zero-order chi connectivity index (χ0) is 24.4. The molecule has 0 aliphatic carbocycles. The number of Topliss-reactive ketones (excluding diaryl/α,β-unsaturated/α-hetero) is 1. The van der Waals surface area contributed by atoms with Crippen LogP contribution >= 0.6 is 0 Å². The minimum atomic E-state index is -0.0252. The lowest BCUT2D eigenvalue weighted by Gasteiger charge is -2.33. The second-order valence-electron chi connectivity index (χ2n) is 9.01. The van der Waals surface area contributed by atoms with E-state index in [1.165, 1.54) is 0 Å². The molecule has 9 nitrogen and oxygen atoms in total. The molecule has 1 aromatic carbocycles. The van der Waals surface area contributed by atoms with Gasteiger partial charge in [-0.3, -0.25) is 9.78 Å². The first kappa shape index (κ1) is 22.8. The lowest BCUT2D eigenvalue weighted by Crippen LogP contribution is -2.44. The topological polar surface area (TPSA) is 91.2 Å². The summed E-state index contributed by atoms with van der Waals surface area (Å²) >= 11 is 0. The maximum atomic E-state index is 13.1. The van der Waals surface area contributed by atoms with Crippen LogP contribution in [0, 0.1) is 0 Å². The van der Waals surface area contributed by atoms with Gasteiger partial charge in [-0.25, -0.2) is 19.9 Å². The lowest BCUT2D eigenvalue weighted by molar-refractivity contribution is 0.0991.